The Morgan fingerprint density at radius 2 is 1.92 bits per heavy atom. The number of hydrogen-bond donors (Lipinski definition) is 1. The first-order chi connectivity index (χ1) is 11.6. The zero-order valence-electron chi connectivity index (χ0n) is 14.2. The molecule has 0 spiro atoms. The highest BCUT2D eigenvalue weighted by atomic mass is 35.5. The van der Waals surface area contributed by atoms with Gasteiger partial charge in [-0.1, -0.05) is 35.9 Å². The van der Waals surface area contributed by atoms with Crippen molar-refractivity contribution >= 4 is 11.6 Å². The van der Waals surface area contributed by atoms with Crippen molar-refractivity contribution in [3.63, 3.8) is 0 Å². The fraction of sp³-hybridized carbons (Fsp3) is 0.368. The molecule has 0 heterocycles. The number of nitrogens with zero attached hydrogens (tertiary/aromatic N) is 1. The van der Waals surface area contributed by atoms with Crippen molar-refractivity contribution in [2.45, 2.75) is 19.6 Å². The fourth-order valence-electron chi connectivity index (χ4n) is 2.33. The van der Waals surface area contributed by atoms with E-state index in [9.17, 15) is 4.39 Å². The van der Waals surface area contributed by atoms with E-state index in [-0.39, 0.29) is 5.82 Å². The van der Waals surface area contributed by atoms with Crippen LogP contribution in [0, 0.1) is 5.82 Å². The summed E-state index contributed by atoms with van der Waals surface area (Å²) in [6, 6.07) is 12.3. The number of benzene rings is 2. The number of ether oxygens (including phenoxy) is 1. The van der Waals surface area contributed by atoms with Crippen LogP contribution in [0.5, 0.6) is 5.75 Å². The summed E-state index contributed by atoms with van der Waals surface area (Å²) in [6.07, 6.45) is 1.10. The Hall–Kier alpha value is -1.62. The van der Waals surface area contributed by atoms with Crippen LogP contribution >= 0.6 is 11.6 Å². The number of para-hydroxylation sites is 1. The molecule has 2 aromatic rings. The summed E-state index contributed by atoms with van der Waals surface area (Å²) in [5.74, 6) is 0.476. The molecule has 0 unspecified atom stereocenters. The summed E-state index contributed by atoms with van der Waals surface area (Å²) in [4.78, 5) is 2.17. The van der Waals surface area contributed by atoms with E-state index < -0.39 is 0 Å². The molecule has 0 aliphatic rings. The molecule has 2 rings (SSSR count). The lowest BCUT2D eigenvalue weighted by Gasteiger charge is -2.14. The highest BCUT2D eigenvalue weighted by molar-refractivity contribution is 6.31. The van der Waals surface area contributed by atoms with Gasteiger partial charge < -0.3 is 15.0 Å². The van der Waals surface area contributed by atoms with E-state index in [1.807, 2.05) is 24.3 Å². The van der Waals surface area contributed by atoms with Crippen LogP contribution in [0.4, 0.5) is 4.39 Å². The average Bonchev–Trinajstić information content (AvgIpc) is 2.54. The van der Waals surface area contributed by atoms with Crippen molar-refractivity contribution in [2.75, 3.05) is 27.2 Å². The van der Waals surface area contributed by atoms with Crippen LogP contribution in [0.2, 0.25) is 5.02 Å². The van der Waals surface area contributed by atoms with Crippen molar-refractivity contribution in [3.05, 3.63) is 64.4 Å². The molecule has 5 heteroatoms. The lowest BCUT2D eigenvalue weighted by molar-refractivity contribution is 0.302. The van der Waals surface area contributed by atoms with Crippen LogP contribution in [-0.2, 0) is 13.2 Å². The zero-order chi connectivity index (χ0) is 17.4. The molecule has 0 fully saturated rings. The lowest BCUT2D eigenvalue weighted by Crippen LogP contribution is -2.21. The van der Waals surface area contributed by atoms with E-state index in [0.717, 1.165) is 42.9 Å². The summed E-state index contributed by atoms with van der Waals surface area (Å²) < 4.78 is 19.0. The van der Waals surface area contributed by atoms with Gasteiger partial charge in [0.2, 0.25) is 0 Å². The van der Waals surface area contributed by atoms with Gasteiger partial charge in [-0.15, -0.1) is 0 Å². The number of nitrogens with one attached hydrogen (secondary N) is 1. The normalized spacial score (nSPS) is 11.0. The van der Waals surface area contributed by atoms with Crippen LogP contribution in [0.15, 0.2) is 42.5 Å². The van der Waals surface area contributed by atoms with Gasteiger partial charge in [-0.3, -0.25) is 0 Å². The second-order valence-electron chi connectivity index (χ2n) is 5.97. The van der Waals surface area contributed by atoms with Gasteiger partial charge in [0.1, 0.15) is 18.2 Å². The highest BCUT2D eigenvalue weighted by Gasteiger charge is 2.06. The highest BCUT2D eigenvalue weighted by Crippen LogP contribution is 2.22. The summed E-state index contributed by atoms with van der Waals surface area (Å²) in [6.45, 7) is 3.09. The summed E-state index contributed by atoms with van der Waals surface area (Å²) in [7, 11) is 4.15. The van der Waals surface area contributed by atoms with Crippen molar-refractivity contribution in [3.8, 4) is 5.75 Å². The maximum atomic E-state index is 13.1. The maximum absolute atomic E-state index is 13.1. The van der Waals surface area contributed by atoms with Gasteiger partial charge in [0.15, 0.2) is 0 Å². The number of rotatable bonds is 9. The summed E-state index contributed by atoms with van der Waals surface area (Å²) in [5, 5.41) is 3.82. The monoisotopic (exact) mass is 350 g/mol. The second kappa shape index (κ2) is 9.62. The minimum Gasteiger partial charge on any atom is -0.489 e. The van der Waals surface area contributed by atoms with Crippen LogP contribution in [0.25, 0.3) is 0 Å². The minimum atomic E-state index is -0.342. The van der Waals surface area contributed by atoms with E-state index in [2.05, 4.69) is 24.3 Å². The minimum absolute atomic E-state index is 0.316. The first-order valence-corrected chi connectivity index (χ1v) is 8.44. The fourth-order valence-corrected chi connectivity index (χ4v) is 2.55. The van der Waals surface area contributed by atoms with Crippen LogP contribution in [-0.4, -0.2) is 32.1 Å². The molecule has 0 bridgehead atoms. The number of hydrogen-bond acceptors (Lipinski definition) is 3. The van der Waals surface area contributed by atoms with Gasteiger partial charge in [0.25, 0.3) is 0 Å². The van der Waals surface area contributed by atoms with Crippen molar-refractivity contribution in [1.82, 2.24) is 10.2 Å². The number of halogens is 2. The van der Waals surface area contributed by atoms with Crippen molar-refractivity contribution in [1.29, 1.82) is 0 Å². The van der Waals surface area contributed by atoms with E-state index >= 15 is 0 Å². The SMILES string of the molecule is CN(C)CCCNCc1ccccc1OCc1ccc(F)cc1Cl. The quantitative estimate of drug-likeness (QED) is 0.689. The predicted octanol–water partition coefficient (Wildman–Crippen LogP) is 4.10. The molecule has 0 atom stereocenters. The standard InChI is InChI=1S/C19H24ClFN2O/c1-23(2)11-5-10-22-13-15-6-3-4-7-19(15)24-14-16-8-9-17(21)12-18(16)20/h3-4,6-9,12,22H,5,10-11,13-14H2,1-2H3. The third-order valence-electron chi connectivity index (χ3n) is 3.65. The van der Waals surface area contributed by atoms with Crippen molar-refractivity contribution in [2.24, 2.45) is 0 Å². The Labute approximate surface area is 148 Å². The Bertz CT molecular complexity index is 649. The van der Waals surface area contributed by atoms with E-state index in [0.29, 0.717) is 11.6 Å². The molecule has 24 heavy (non-hydrogen) atoms. The Kier molecular flexibility index (Phi) is 7.50. The molecule has 0 aliphatic carbocycles. The van der Waals surface area contributed by atoms with Crippen LogP contribution < -0.4 is 10.1 Å². The van der Waals surface area contributed by atoms with Gasteiger partial charge in [-0.2, -0.15) is 0 Å². The summed E-state index contributed by atoms with van der Waals surface area (Å²) in [5.41, 5.74) is 1.87. The molecule has 0 saturated carbocycles. The van der Waals surface area contributed by atoms with Crippen LogP contribution in [0.1, 0.15) is 17.5 Å². The second-order valence-corrected chi connectivity index (χ2v) is 6.37. The Morgan fingerprint density at radius 1 is 1.12 bits per heavy atom. The van der Waals surface area contributed by atoms with E-state index in [1.54, 1.807) is 6.07 Å². The van der Waals surface area contributed by atoms with Gasteiger partial charge in [0, 0.05) is 17.7 Å². The molecular weight excluding hydrogens is 327 g/mol. The van der Waals surface area contributed by atoms with Crippen molar-refractivity contribution < 1.29 is 9.13 Å². The van der Waals surface area contributed by atoms with E-state index in [1.165, 1.54) is 12.1 Å². The van der Waals surface area contributed by atoms with Gasteiger partial charge in [0.05, 0.1) is 5.02 Å². The zero-order valence-corrected chi connectivity index (χ0v) is 14.9. The largest absolute Gasteiger partial charge is 0.489 e. The topological polar surface area (TPSA) is 24.5 Å². The molecule has 3 nitrogen and oxygen atoms in total. The van der Waals surface area contributed by atoms with Gasteiger partial charge in [-0.25, -0.2) is 4.39 Å². The lowest BCUT2D eigenvalue weighted by atomic mass is 10.2. The van der Waals surface area contributed by atoms with Gasteiger partial charge in [-0.05, 0) is 51.8 Å². The molecule has 0 aromatic heterocycles. The third kappa shape index (κ3) is 6.11. The smallest absolute Gasteiger partial charge is 0.124 e. The first-order valence-electron chi connectivity index (χ1n) is 8.06. The molecule has 0 amide bonds. The molecule has 0 saturated heterocycles. The van der Waals surface area contributed by atoms with E-state index in [4.69, 9.17) is 16.3 Å². The molecule has 0 aliphatic heterocycles. The molecule has 130 valence electrons. The Balaban J connectivity index is 1.88. The molecule has 2 aromatic carbocycles. The Morgan fingerprint density at radius 3 is 2.67 bits per heavy atom. The predicted molar refractivity (Wildman–Crippen MR) is 97.1 cm³/mol. The molecular formula is C19H24ClFN2O. The summed E-state index contributed by atoms with van der Waals surface area (Å²) >= 11 is 6.04. The van der Waals surface area contributed by atoms with Gasteiger partial charge >= 0.3 is 0 Å². The molecule has 1 N–H and O–H groups in total. The van der Waals surface area contributed by atoms with Crippen LogP contribution in [0.3, 0.4) is 0 Å². The maximum Gasteiger partial charge on any atom is 0.124 e. The average molecular weight is 351 g/mol. The first kappa shape index (κ1) is 18.7. The third-order valence-corrected chi connectivity index (χ3v) is 4.00. The molecule has 0 radical (unpaired) electrons.